The highest BCUT2D eigenvalue weighted by Crippen LogP contribution is 2.33. The Balaban J connectivity index is 1.96. The van der Waals surface area contributed by atoms with Crippen LogP contribution in [0.25, 0.3) is 6.08 Å². The SMILES string of the molecule is C[C@H](OC(=O)/C=C/c1ccccc1)C(=O)Nc1c(Cl)cc(Cl)cc1Cl. The lowest BCUT2D eigenvalue weighted by Gasteiger charge is -2.14. The summed E-state index contributed by atoms with van der Waals surface area (Å²) >= 11 is 17.8. The molecular formula is C18H14Cl3NO3. The fraction of sp³-hybridized carbons (Fsp3) is 0.111. The number of carbonyl (C=O) groups is 2. The van der Waals surface area contributed by atoms with E-state index in [1.54, 1.807) is 6.08 Å². The summed E-state index contributed by atoms with van der Waals surface area (Å²) in [7, 11) is 0. The third kappa shape index (κ3) is 5.78. The van der Waals surface area contributed by atoms with Crippen molar-refractivity contribution in [2.45, 2.75) is 13.0 Å². The number of hydrogen-bond donors (Lipinski definition) is 1. The van der Waals surface area contributed by atoms with Crippen molar-refractivity contribution in [1.82, 2.24) is 0 Å². The van der Waals surface area contributed by atoms with Crippen molar-refractivity contribution >= 4 is 58.4 Å². The molecule has 0 aliphatic rings. The van der Waals surface area contributed by atoms with Gasteiger partial charge < -0.3 is 10.1 Å². The molecule has 0 aliphatic heterocycles. The molecule has 0 aliphatic carbocycles. The van der Waals surface area contributed by atoms with Crippen LogP contribution in [0.4, 0.5) is 5.69 Å². The number of rotatable bonds is 5. The summed E-state index contributed by atoms with van der Waals surface area (Å²) in [5, 5.41) is 3.24. The molecule has 1 N–H and O–H groups in total. The van der Waals surface area contributed by atoms with Crippen molar-refractivity contribution in [2.24, 2.45) is 0 Å². The van der Waals surface area contributed by atoms with E-state index in [0.717, 1.165) is 5.56 Å². The standard InChI is InChI=1S/C18H14Cl3NO3/c1-11(25-16(23)8-7-12-5-3-2-4-6-12)18(24)22-17-14(20)9-13(19)10-15(17)21/h2-11H,1H3,(H,22,24)/b8-7+/t11-/m0/s1. The molecule has 7 heteroatoms. The van der Waals surface area contributed by atoms with Crippen molar-refractivity contribution < 1.29 is 14.3 Å². The van der Waals surface area contributed by atoms with Crippen LogP contribution in [0.2, 0.25) is 15.1 Å². The predicted octanol–water partition coefficient (Wildman–Crippen LogP) is 5.23. The van der Waals surface area contributed by atoms with E-state index in [1.165, 1.54) is 25.1 Å². The van der Waals surface area contributed by atoms with Gasteiger partial charge in [-0.25, -0.2) is 4.79 Å². The molecule has 0 bridgehead atoms. The molecular weight excluding hydrogens is 385 g/mol. The van der Waals surface area contributed by atoms with Crippen molar-refractivity contribution in [3.8, 4) is 0 Å². The summed E-state index contributed by atoms with van der Waals surface area (Å²) in [6.45, 7) is 1.45. The molecule has 0 saturated heterocycles. The molecule has 2 aromatic carbocycles. The van der Waals surface area contributed by atoms with Crippen LogP contribution in [0.5, 0.6) is 0 Å². The highest BCUT2D eigenvalue weighted by molar-refractivity contribution is 6.42. The second-order valence-electron chi connectivity index (χ2n) is 5.06. The van der Waals surface area contributed by atoms with Gasteiger partial charge in [0.2, 0.25) is 0 Å². The molecule has 4 nitrogen and oxygen atoms in total. The Kier molecular flexibility index (Phi) is 6.88. The Morgan fingerprint density at radius 2 is 1.68 bits per heavy atom. The molecule has 25 heavy (non-hydrogen) atoms. The molecule has 0 heterocycles. The molecule has 2 rings (SSSR count). The minimum Gasteiger partial charge on any atom is -0.449 e. The van der Waals surface area contributed by atoms with Gasteiger partial charge in [-0.3, -0.25) is 4.79 Å². The van der Waals surface area contributed by atoms with Crippen molar-refractivity contribution in [3.63, 3.8) is 0 Å². The fourth-order valence-electron chi connectivity index (χ4n) is 1.88. The van der Waals surface area contributed by atoms with Crippen LogP contribution < -0.4 is 5.32 Å². The molecule has 1 amide bonds. The van der Waals surface area contributed by atoms with E-state index in [2.05, 4.69) is 5.32 Å². The number of halogens is 3. The molecule has 0 spiro atoms. The van der Waals surface area contributed by atoms with Crippen LogP contribution in [-0.2, 0) is 14.3 Å². The highest BCUT2D eigenvalue weighted by Gasteiger charge is 2.19. The maximum Gasteiger partial charge on any atom is 0.331 e. The lowest BCUT2D eigenvalue weighted by molar-refractivity contribution is -0.148. The van der Waals surface area contributed by atoms with Gasteiger partial charge in [-0.2, -0.15) is 0 Å². The molecule has 0 radical (unpaired) electrons. The number of esters is 1. The van der Waals surface area contributed by atoms with E-state index in [-0.39, 0.29) is 15.7 Å². The summed E-state index contributed by atoms with van der Waals surface area (Å²) < 4.78 is 5.06. The van der Waals surface area contributed by atoms with Gasteiger partial charge in [0.15, 0.2) is 6.10 Å². The second kappa shape index (κ2) is 8.90. The van der Waals surface area contributed by atoms with Crippen LogP contribution in [0, 0.1) is 0 Å². The van der Waals surface area contributed by atoms with Gasteiger partial charge in [0.1, 0.15) is 0 Å². The van der Waals surface area contributed by atoms with E-state index < -0.39 is 18.0 Å². The van der Waals surface area contributed by atoms with Crippen molar-refractivity contribution in [2.75, 3.05) is 5.32 Å². The monoisotopic (exact) mass is 397 g/mol. The normalized spacial score (nSPS) is 12.0. The first-order chi connectivity index (χ1) is 11.9. The third-order valence-corrected chi connectivity index (χ3v) is 3.94. The first-order valence-corrected chi connectivity index (χ1v) is 8.39. The quantitative estimate of drug-likeness (QED) is 0.554. The number of carbonyl (C=O) groups excluding carboxylic acids is 2. The van der Waals surface area contributed by atoms with E-state index in [1.807, 2.05) is 30.3 Å². The molecule has 130 valence electrons. The van der Waals surface area contributed by atoms with Crippen LogP contribution >= 0.6 is 34.8 Å². The van der Waals surface area contributed by atoms with Gasteiger partial charge in [-0.1, -0.05) is 65.1 Å². The van der Waals surface area contributed by atoms with Crippen LogP contribution in [0.15, 0.2) is 48.5 Å². The number of hydrogen-bond acceptors (Lipinski definition) is 3. The minimum atomic E-state index is -1.03. The fourth-order valence-corrected chi connectivity index (χ4v) is 2.79. The zero-order chi connectivity index (χ0) is 18.4. The minimum absolute atomic E-state index is 0.188. The van der Waals surface area contributed by atoms with Crippen LogP contribution in [0.1, 0.15) is 12.5 Å². The Labute approximate surface area is 160 Å². The number of ether oxygens (including phenoxy) is 1. The zero-order valence-electron chi connectivity index (χ0n) is 13.1. The van der Waals surface area contributed by atoms with Gasteiger partial charge >= 0.3 is 5.97 Å². The Hall–Kier alpha value is -2.01. The van der Waals surface area contributed by atoms with Gasteiger partial charge in [-0.05, 0) is 30.7 Å². The number of nitrogens with one attached hydrogen (secondary N) is 1. The zero-order valence-corrected chi connectivity index (χ0v) is 15.4. The lowest BCUT2D eigenvalue weighted by Crippen LogP contribution is -2.29. The van der Waals surface area contributed by atoms with Crippen LogP contribution in [0.3, 0.4) is 0 Å². The van der Waals surface area contributed by atoms with Crippen LogP contribution in [-0.4, -0.2) is 18.0 Å². The second-order valence-corrected chi connectivity index (χ2v) is 6.31. The van der Waals surface area contributed by atoms with Crippen molar-refractivity contribution in [1.29, 1.82) is 0 Å². The average Bonchev–Trinajstić information content (AvgIpc) is 2.57. The maximum atomic E-state index is 12.1. The summed E-state index contributed by atoms with van der Waals surface area (Å²) in [6, 6.07) is 12.1. The van der Waals surface area contributed by atoms with Crippen molar-refractivity contribution in [3.05, 3.63) is 69.2 Å². The van der Waals surface area contributed by atoms with E-state index in [0.29, 0.717) is 5.02 Å². The Morgan fingerprint density at radius 1 is 1.08 bits per heavy atom. The Bertz CT molecular complexity index is 783. The first-order valence-electron chi connectivity index (χ1n) is 7.26. The first kappa shape index (κ1) is 19.3. The number of amides is 1. The average molecular weight is 399 g/mol. The van der Waals surface area contributed by atoms with E-state index in [9.17, 15) is 9.59 Å². The summed E-state index contributed by atoms with van der Waals surface area (Å²) in [5.74, 6) is -1.20. The van der Waals surface area contributed by atoms with Gasteiger partial charge in [0.05, 0.1) is 15.7 Å². The molecule has 0 saturated carbocycles. The topological polar surface area (TPSA) is 55.4 Å². The lowest BCUT2D eigenvalue weighted by atomic mass is 10.2. The molecule has 0 unspecified atom stereocenters. The van der Waals surface area contributed by atoms with Gasteiger partial charge in [-0.15, -0.1) is 0 Å². The van der Waals surface area contributed by atoms with E-state index >= 15 is 0 Å². The number of anilines is 1. The van der Waals surface area contributed by atoms with Gasteiger partial charge in [0, 0.05) is 11.1 Å². The number of benzene rings is 2. The third-order valence-electron chi connectivity index (χ3n) is 3.13. The molecule has 1 atom stereocenters. The molecule has 0 fully saturated rings. The maximum absolute atomic E-state index is 12.1. The largest absolute Gasteiger partial charge is 0.449 e. The Morgan fingerprint density at radius 3 is 2.28 bits per heavy atom. The summed E-state index contributed by atoms with van der Waals surface area (Å²) in [4.78, 5) is 24.0. The molecule has 2 aromatic rings. The summed E-state index contributed by atoms with van der Waals surface area (Å²) in [5.41, 5.74) is 1.05. The van der Waals surface area contributed by atoms with E-state index in [4.69, 9.17) is 39.5 Å². The highest BCUT2D eigenvalue weighted by atomic mass is 35.5. The summed E-state index contributed by atoms with van der Waals surface area (Å²) in [6.07, 6.45) is 1.82. The smallest absolute Gasteiger partial charge is 0.331 e. The molecule has 0 aromatic heterocycles. The predicted molar refractivity (Wildman–Crippen MR) is 101 cm³/mol. The van der Waals surface area contributed by atoms with Gasteiger partial charge in [0.25, 0.3) is 5.91 Å².